The van der Waals surface area contributed by atoms with Crippen LogP contribution in [0.2, 0.25) is 0 Å². The molecule has 0 spiro atoms. The van der Waals surface area contributed by atoms with Gasteiger partial charge in [-0.1, -0.05) is 5.21 Å². The lowest BCUT2D eigenvalue weighted by Crippen LogP contribution is -2.14. The van der Waals surface area contributed by atoms with Crippen molar-refractivity contribution in [2.45, 2.75) is 13.5 Å². The molecule has 6 heteroatoms. The molecule has 0 aliphatic heterocycles. The Morgan fingerprint density at radius 3 is 3.12 bits per heavy atom. The van der Waals surface area contributed by atoms with E-state index in [0.29, 0.717) is 17.8 Å². The highest BCUT2D eigenvalue weighted by atomic mass is 16.5. The number of aromatic nitrogens is 3. The molecule has 0 amide bonds. The zero-order valence-electron chi connectivity index (χ0n) is 8.88. The van der Waals surface area contributed by atoms with Crippen LogP contribution < -0.4 is 5.73 Å². The molecule has 0 saturated heterocycles. The standard InChI is InChI=1S/C10H12N4O2/c1-2-16-10(15)6-14-9-4-3-7(11)5-8(9)12-13-14/h3-5H,2,6,11H2,1H3. The summed E-state index contributed by atoms with van der Waals surface area (Å²) in [6.07, 6.45) is 0. The van der Waals surface area contributed by atoms with Gasteiger partial charge in [-0.3, -0.25) is 4.79 Å². The topological polar surface area (TPSA) is 83.0 Å². The van der Waals surface area contributed by atoms with Gasteiger partial charge in [-0.15, -0.1) is 5.10 Å². The molecular formula is C10H12N4O2. The summed E-state index contributed by atoms with van der Waals surface area (Å²) >= 11 is 0. The number of carbonyl (C=O) groups is 1. The second-order valence-corrected chi connectivity index (χ2v) is 3.30. The second kappa shape index (κ2) is 4.18. The number of benzene rings is 1. The van der Waals surface area contributed by atoms with Gasteiger partial charge in [0.05, 0.1) is 12.1 Å². The first-order chi connectivity index (χ1) is 7.70. The number of anilines is 1. The van der Waals surface area contributed by atoms with Crippen LogP contribution in [0.25, 0.3) is 11.0 Å². The van der Waals surface area contributed by atoms with Crippen LogP contribution in [0.4, 0.5) is 5.69 Å². The van der Waals surface area contributed by atoms with E-state index in [9.17, 15) is 4.79 Å². The Hall–Kier alpha value is -2.11. The lowest BCUT2D eigenvalue weighted by molar-refractivity contribution is -0.143. The fourth-order valence-corrected chi connectivity index (χ4v) is 1.43. The molecule has 0 radical (unpaired) electrons. The molecule has 16 heavy (non-hydrogen) atoms. The number of nitrogens with zero attached hydrogens (tertiary/aromatic N) is 3. The first kappa shape index (κ1) is 10.4. The van der Waals surface area contributed by atoms with Crippen molar-refractivity contribution in [1.82, 2.24) is 15.0 Å². The normalized spacial score (nSPS) is 10.6. The van der Waals surface area contributed by atoms with Gasteiger partial charge in [-0.05, 0) is 25.1 Å². The van der Waals surface area contributed by atoms with Crippen molar-refractivity contribution in [3.63, 3.8) is 0 Å². The number of hydrogen-bond acceptors (Lipinski definition) is 5. The number of nitrogens with two attached hydrogens (primary N) is 1. The van der Waals surface area contributed by atoms with Crippen molar-refractivity contribution in [2.24, 2.45) is 0 Å². The Balaban J connectivity index is 2.28. The Morgan fingerprint density at radius 2 is 2.38 bits per heavy atom. The minimum atomic E-state index is -0.328. The first-order valence-corrected chi connectivity index (χ1v) is 4.95. The molecule has 2 N–H and O–H groups in total. The lowest BCUT2D eigenvalue weighted by Gasteiger charge is -2.02. The molecule has 0 aliphatic rings. The van der Waals surface area contributed by atoms with E-state index in [-0.39, 0.29) is 12.5 Å². The molecule has 0 fully saturated rings. The zero-order chi connectivity index (χ0) is 11.5. The number of fused-ring (bicyclic) bond motifs is 1. The quantitative estimate of drug-likeness (QED) is 0.604. The Labute approximate surface area is 92.0 Å². The summed E-state index contributed by atoms with van der Waals surface area (Å²) in [7, 11) is 0. The van der Waals surface area contributed by atoms with E-state index < -0.39 is 0 Å². The van der Waals surface area contributed by atoms with Crippen molar-refractivity contribution < 1.29 is 9.53 Å². The van der Waals surface area contributed by atoms with E-state index >= 15 is 0 Å². The van der Waals surface area contributed by atoms with Crippen molar-refractivity contribution in [2.75, 3.05) is 12.3 Å². The summed E-state index contributed by atoms with van der Waals surface area (Å²) in [6.45, 7) is 2.19. The van der Waals surface area contributed by atoms with E-state index in [1.807, 2.05) is 0 Å². The third-order valence-electron chi connectivity index (χ3n) is 2.12. The molecule has 6 nitrogen and oxygen atoms in total. The maximum absolute atomic E-state index is 11.3. The minimum Gasteiger partial charge on any atom is -0.465 e. The first-order valence-electron chi connectivity index (χ1n) is 4.95. The average Bonchev–Trinajstić information content (AvgIpc) is 2.61. The fraction of sp³-hybridized carbons (Fsp3) is 0.300. The highest BCUT2D eigenvalue weighted by Gasteiger charge is 2.09. The summed E-state index contributed by atoms with van der Waals surface area (Å²) in [5.41, 5.74) is 7.67. The van der Waals surface area contributed by atoms with E-state index in [1.165, 1.54) is 4.68 Å². The van der Waals surface area contributed by atoms with Crippen LogP contribution in [0.3, 0.4) is 0 Å². The second-order valence-electron chi connectivity index (χ2n) is 3.30. The van der Waals surface area contributed by atoms with Gasteiger partial charge < -0.3 is 10.5 Å². The van der Waals surface area contributed by atoms with E-state index in [0.717, 1.165) is 5.52 Å². The molecule has 1 heterocycles. The number of hydrogen-bond donors (Lipinski definition) is 1. The largest absolute Gasteiger partial charge is 0.465 e. The van der Waals surface area contributed by atoms with E-state index in [2.05, 4.69) is 10.3 Å². The number of ether oxygens (including phenoxy) is 1. The van der Waals surface area contributed by atoms with Crippen LogP contribution in [-0.4, -0.2) is 27.6 Å². The molecule has 0 saturated carbocycles. The summed E-state index contributed by atoms with van der Waals surface area (Å²) in [6, 6.07) is 5.24. The Bertz CT molecular complexity index is 521. The smallest absolute Gasteiger partial charge is 0.327 e. The lowest BCUT2D eigenvalue weighted by atomic mass is 10.3. The van der Waals surface area contributed by atoms with Gasteiger partial charge in [0, 0.05) is 5.69 Å². The zero-order valence-corrected chi connectivity index (χ0v) is 8.88. The summed E-state index contributed by atoms with van der Waals surface area (Å²) in [5, 5.41) is 7.79. The third kappa shape index (κ3) is 1.95. The SMILES string of the molecule is CCOC(=O)Cn1nnc2cc(N)ccc21. The number of carbonyl (C=O) groups excluding carboxylic acids is 1. The van der Waals surface area contributed by atoms with Crippen molar-refractivity contribution >= 4 is 22.7 Å². The van der Waals surface area contributed by atoms with Gasteiger partial charge in [-0.25, -0.2) is 4.68 Å². The van der Waals surface area contributed by atoms with Crippen LogP contribution in [-0.2, 0) is 16.1 Å². The third-order valence-corrected chi connectivity index (χ3v) is 2.12. The van der Waals surface area contributed by atoms with Crippen molar-refractivity contribution in [1.29, 1.82) is 0 Å². The number of nitrogen functional groups attached to an aromatic ring is 1. The molecule has 0 unspecified atom stereocenters. The maximum Gasteiger partial charge on any atom is 0.327 e. The van der Waals surface area contributed by atoms with Crippen LogP contribution in [0, 0.1) is 0 Å². The molecule has 1 aromatic heterocycles. The van der Waals surface area contributed by atoms with Gasteiger partial charge in [-0.2, -0.15) is 0 Å². The Kier molecular flexibility index (Phi) is 2.72. The molecule has 84 valence electrons. The highest BCUT2D eigenvalue weighted by molar-refractivity contribution is 5.79. The molecule has 0 atom stereocenters. The molecular weight excluding hydrogens is 208 g/mol. The predicted octanol–water partition coefficient (Wildman–Crippen LogP) is 0.577. The number of rotatable bonds is 3. The Morgan fingerprint density at radius 1 is 1.56 bits per heavy atom. The van der Waals surface area contributed by atoms with Crippen molar-refractivity contribution in [3.8, 4) is 0 Å². The maximum atomic E-state index is 11.3. The molecule has 0 bridgehead atoms. The molecule has 2 aromatic rings. The van der Waals surface area contributed by atoms with Crippen LogP contribution in [0.15, 0.2) is 18.2 Å². The van der Waals surface area contributed by atoms with Gasteiger partial charge in [0.15, 0.2) is 0 Å². The average molecular weight is 220 g/mol. The molecule has 2 rings (SSSR count). The van der Waals surface area contributed by atoms with Gasteiger partial charge in [0.2, 0.25) is 0 Å². The van der Waals surface area contributed by atoms with E-state index in [4.69, 9.17) is 10.5 Å². The molecule has 0 aliphatic carbocycles. The van der Waals surface area contributed by atoms with Crippen LogP contribution in [0.5, 0.6) is 0 Å². The van der Waals surface area contributed by atoms with Gasteiger partial charge in [0.1, 0.15) is 12.1 Å². The monoisotopic (exact) mass is 220 g/mol. The minimum absolute atomic E-state index is 0.0637. The van der Waals surface area contributed by atoms with Gasteiger partial charge >= 0.3 is 5.97 Å². The van der Waals surface area contributed by atoms with Gasteiger partial charge in [0.25, 0.3) is 0 Å². The highest BCUT2D eigenvalue weighted by Crippen LogP contribution is 2.14. The fourth-order valence-electron chi connectivity index (χ4n) is 1.43. The summed E-state index contributed by atoms with van der Waals surface area (Å²) in [5.74, 6) is -0.328. The van der Waals surface area contributed by atoms with Crippen LogP contribution >= 0.6 is 0 Å². The summed E-state index contributed by atoms with van der Waals surface area (Å²) < 4.78 is 6.33. The molecule has 1 aromatic carbocycles. The van der Waals surface area contributed by atoms with Crippen molar-refractivity contribution in [3.05, 3.63) is 18.2 Å². The van der Waals surface area contributed by atoms with Crippen LogP contribution in [0.1, 0.15) is 6.92 Å². The number of esters is 1. The predicted molar refractivity (Wildman–Crippen MR) is 58.6 cm³/mol. The summed E-state index contributed by atoms with van der Waals surface area (Å²) in [4.78, 5) is 11.3. The van der Waals surface area contributed by atoms with E-state index in [1.54, 1.807) is 25.1 Å².